The van der Waals surface area contributed by atoms with Crippen molar-refractivity contribution in [1.82, 2.24) is 15.4 Å². The van der Waals surface area contributed by atoms with Gasteiger partial charge in [0.15, 0.2) is 0 Å². The van der Waals surface area contributed by atoms with Crippen LogP contribution in [0.5, 0.6) is 0 Å². The Labute approximate surface area is 70.1 Å². The number of rotatable bonds is 3. The molecule has 12 heavy (non-hydrogen) atoms. The maximum Gasteiger partial charge on any atom is 0.108 e. The minimum Gasteiger partial charge on any atom is -0.379 e. The summed E-state index contributed by atoms with van der Waals surface area (Å²) in [5.41, 5.74) is 0.835. The minimum atomic E-state index is 0.238. The van der Waals surface area contributed by atoms with Gasteiger partial charge in [0.2, 0.25) is 0 Å². The van der Waals surface area contributed by atoms with Crippen LogP contribution in [0, 0.1) is 0 Å². The summed E-state index contributed by atoms with van der Waals surface area (Å²) in [7, 11) is 0. The number of H-pyrrole nitrogens is 1. The van der Waals surface area contributed by atoms with Crippen LogP contribution >= 0.6 is 0 Å². The molecule has 0 aliphatic carbocycles. The number of ether oxygens (including phenoxy) is 2. The topological polar surface area (TPSA) is 60.0 Å². The Morgan fingerprint density at radius 1 is 1.75 bits per heavy atom. The molecule has 5 nitrogen and oxygen atoms in total. The predicted molar refractivity (Wildman–Crippen MR) is 40.4 cm³/mol. The molecule has 1 unspecified atom stereocenters. The Morgan fingerprint density at radius 3 is 3.42 bits per heavy atom. The molecule has 1 fully saturated rings. The van der Waals surface area contributed by atoms with Crippen LogP contribution in [0.2, 0.25) is 0 Å². The van der Waals surface area contributed by atoms with Crippen LogP contribution in [0.4, 0.5) is 0 Å². The molecule has 0 amide bonds. The van der Waals surface area contributed by atoms with Crippen molar-refractivity contribution in [3.05, 3.63) is 11.9 Å². The first-order chi connectivity index (χ1) is 5.95. The summed E-state index contributed by atoms with van der Waals surface area (Å²) in [5, 5.41) is 10.1. The molecule has 0 aromatic carbocycles. The zero-order valence-corrected chi connectivity index (χ0v) is 6.69. The van der Waals surface area contributed by atoms with Gasteiger partial charge < -0.3 is 9.47 Å². The van der Waals surface area contributed by atoms with Gasteiger partial charge >= 0.3 is 0 Å². The van der Waals surface area contributed by atoms with E-state index in [1.807, 2.05) is 0 Å². The molecule has 1 aliphatic rings. The van der Waals surface area contributed by atoms with Gasteiger partial charge in [0.25, 0.3) is 0 Å². The largest absolute Gasteiger partial charge is 0.379 e. The second-order valence-electron chi connectivity index (χ2n) is 2.76. The molecule has 1 aliphatic heterocycles. The normalized spacial score (nSPS) is 23.2. The molecule has 1 aromatic rings. The third-order valence-electron chi connectivity index (χ3n) is 1.82. The van der Waals surface area contributed by atoms with Crippen molar-refractivity contribution in [3.8, 4) is 0 Å². The Morgan fingerprint density at radius 2 is 2.75 bits per heavy atom. The Balaban J connectivity index is 1.74. The van der Waals surface area contributed by atoms with Gasteiger partial charge in [-0.15, -0.1) is 0 Å². The maximum atomic E-state index is 5.50. The van der Waals surface area contributed by atoms with Gasteiger partial charge in [-0.2, -0.15) is 15.4 Å². The summed E-state index contributed by atoms with van der Waals surface area (Å²) >= 11 is 0. The molecule has 1 atom stereocenters. The molecular formula is C7H11N3O2. The predicted octanol–water partition coefficient (Wildman–Crippen LogP) is 0.110. The van der Waals surface area contributed by atoms with E-state index < -0.39 is 0 Å². The number of hydrogen-bond acceptors (Lipinski definition) is 4. The lowest BCUT2D eigenvalue weighted by molar-refractivity contribution is 0.0301. The Kier molecular flexibility index (Phi) is 2.33. The summed E-state index contributed by atoms with van der Waals surface area (Å²) in [4.78, 5) is 0. The molecular weight excluding hydrogens is 158 g/mol. The number of hydrogen-bond donors (Lipinski definition) is 1. The highest BCUT2D eigenvalue weighted by Gasteiger charge is 2.15. The van der Waals surface area contributed by atoms with Crippen LogP contribution in [-0.2, 0) is 16.1 Å². The first-order valence-electron chi connectivity index (χ1n) is 3.99. The van der Waals surface area contributed by atoms with Gasteiger partial charge in [-0.05, 0) is 6.42 Å². The van der Waals surface area contributed by atoms with Crippen LogP contribution in [0.25, 0.3) is 0 Å². The van der Waals surface area contributed by atoms with Crippen LogP contribution in [0.1, 0.15) is 12.1 Å². The van der Waals surface area contributed by atoms with E-state index in [9.17, 15) is 0 Å². The summed E-state index contributed by atoms with van der Waals surface area (Å²) in [5.74, 6) is 0. The molecule has 0 radical (unpaired) electrons. The fraction of sp³-hybridized carbons (Fsp3) is 0.714. The molecule has 0 saturated carbocycles. The van der Waals surface area contributed by atoms with Crippen molar-refractivity contribution in [2.24, 2.45) is 0 Å². The first-order valence-corrected chi connectivity index (χ1v) is 3.99. The van der Waals surface area contributed by atoms with Crippen molar-refractivity contribution in [2.75, 3.05) is 13.2 Å². The van der Waals surface area contributed by atoms with E-state index in [0.29, 0.717) is 13.2 Å². The van der Waals surface area contributed by atoms with Gasteiger partial charge in [0.05, 0.1) is 25.5 Å². The fourth-order valence-corrected chi connectivity index (χ4v) is 1.14. The monoisotopic (exact) mass is 169 g/mol. The lowest BCUT2D eigenvalue weighted by Crippen LogP contribution is -2.11. The Bertz CT molecular complexity index is 219. The van der Waals surface area contributed by atoms with E-state index in [-0.39, 0.29) is 6.10 Å². The molecule has 2 heterocycles. The van der Waals surface area contributed by atoms with Crippen LogP contribution in [-0.4, -0.2) is 34.7 Å². The second-order valence-corrected chi connectivity index (χ2v) is 2.76. The number of nitrogens with zero attached hydrogens (tertiary/aromatic N) is 2. The zero-order chi connectivity index (χ0) is 8.23. The quantitative estimate of drug-likeness (QED) is 0.697. The van der Waals surface area contributed by atoms with Gasteiger partial charge in [0.1, 0.15) is 5.69 Å². The average Bonchev–Trinajstić information content (AvgIpc) is 2.74. The van der Waals surface area contributed by atoms with Crippen molar-refractivity contribution in [1.29, 1.82) is 0 Å². The van der Waals surface area contributed by atoms with Crippen LogP contribution < -0.4 is 0 Å². The molecule has 5 heteroatoms. The second kappa shape index (κ2) is 3.64. The van der Waals surface area contributed by atoms with E-state index >= 15 is 0 Å². The zero-order valence-electron chi connectivity index (χ0n) is 6.69. The van der Waals surface area contributed by atoms with E-state index in [0.717, 1.165) is 18.7 Å². The van der Waals surface area contributed by atoms with Crippen LogP contribution in [0.15, 0.2) is 6.20 Å². The minimum absolute atomic E-state index is 0.238. The number of aromatic amines is 1. The molecule has 1 saturated heterocycles. The van der Waals surface area contributed by atoms with Crippen molar-refractivity contribution >= 4 is 0 Å². The number of nitrogens with one attached hydrogen (secondary N) is 1. The SMILES string of the molecule is c1n[nH]nc1COC1CCOC1. The lowest BCUT2D eigenvalue weighted by atomic mass is 10.3. The maximum absolute atomic E-state index is 5.50. The van der Waals surface area contributed by atoms with Gasteiger partial charge in [-0.3, -0.25) is 0 Å². The highest BCUT2D eigenvalue weighted by atomic mass is 16.5. The fourth-order valence-electron chi connectivity index (χ4n) is 1.14. The summed E-state index contributed by atoms with van der Waals surface area (Å²) in [6, 6.07) is 0. The molecule has 0 bridgehead atoms. The molecule has 1 N–H and O–H groups in total. The van der Waals surface area contributed by atoms with Crippen LogP contribution in [0.3, 0.4) is 0 Å². The molecule has 66 valence electrons. The molecule has 2 rings (SSSR count). The van der Waals surface area contributed by atoms with E-state index in [1.165, 1.54) is 0 Å². The summed E-state index contributed by atoms with van der Waals surface area (Å²) in [6.07, 6.45) is 2.88. The van der Waals surface area contributed by atoms with E-state index in [1.54, 1.807) is 6.20 Å². The Hall–Kier alpha value is -0.940. The average molecular weight is 169 g/mol. The summed E-state index contributed by atoms with van der Waals surface area (Å²) in [6.45, 7) is 2.03. The van der Waals surface area contributed by atoms with E-state index in [2.05, 4.69) is 15.4 Å². The summed E-state index contributed by atoms with van der Waals surface area (Å²) < 4.78 is 10.7. The van der Waals surface area contributed by atoms with E-state index in [4.69, 9.17) is 9.47 Å². The van der Waals surface area contributed by atoms with Gasteiger partial charge in [0, 0.05) is 6.61 Å². The lowest BCUT2D eigenvalue weighted by Gasteiger charge is -2.06. The highest BCUT2D eigenvalue weighted by molar-refractivity contribution is 4.87. The smallest absolute Gasteiger partial charge is 0.108 e. The molecule has 0 spiro atoms. The third kappa shape index (κ3) is 1.80. The highest BCUT2D eigenvalue weighted by Crippen LogP contribution is 2.09. The number of aromatic nitrogens is 3. The van der Waals surface area contributed by atoms with Gasteiger partial charge in [-0.1, -0.05) is 0 Å². The third-order valence-corrected chi connectivity index (χ3v) is 1.82. The van der Waals surface area contributed by atoms with Gasteiger partial charge in [-0.25, -0.2) is 0 Å². The first kappa shape index (κ1) is 7.70. The van der Waals surface area contributed by atoms with Crippen molar-refractivity contribution in [3.63, 3.8) is 0 Å². The van der Waals surface area contributed by atoms with Crippen molar-refractivity contribution in [2.45, 2.75) is 19.1 Å². The standard InChI is InChI=1S/C7H11N3O2/c1-2-11-5-7(1)12-4-6-3-8-10-9-6/h3,7H,1-2,4-5H2,(H,8,9,10). The van der Waals surface area contributed by atoms with Crippen molar-refractivity contribution < 1.29 is 9.47 Å². The molecule has 1 aromatic heterocycles.